The normalized spacial score (nSPS) is 11.0. The van der Waals surface area contributed by atoms with Gasteiger partial charge in [0.05, 0.1) is 6.54 Å². The molecule has 2 aromatic carbocycles. The molecule has 0 bridgehead atoms. The van der Waals surface area contributed by atoms with Crippen molar-refractivity contribution in [2.45, 2.75) is 13.0 Å². The van der Waals surface area contributed by atoms with Crippen LogP contribution in [0.1, 0.15) is 11.1 Å². The highest BCUT2D eigenvalue weighted by Gasteiger charge is 2.11. The summed E-state index contributed by atoms with van der Waals surface area (Å²) in [5.74, 6) is -0.633. The molecule has 2 heterocycles. The Bertz CT molecular complexity index is 1380. The fourth-order valence-electron chi connectivity index (χ4n) is 3.13. The maximum absolute atomic E-state index is 13.4. The zero-order chi connectivity index (χ0) is 22.0. The average molecular weight is 423 g/mol. The van der Waals surface area contributed by atoms with Crippen molar-refractivity contribution in [2.75, 3.05) is 11.9 Å². The monoisotopic (exact) mass is 423 g/mol. The summed E-state index contributed by atoms with van der Waals surface area (Å²) in [5, 5.41) is 22.0. The van der Waals surface area contributed by atoms with Crippen molar-refractivity contribution in [3.05, 3.63) is 86.4 Å². The first kappa shape index (κ1) is 20.1. The topological polar surface area (TPSA) is 133 Å². The molecule has 0 atom stereocenters. The summed E-state index contributed by atoms with van der Waals surface area (Å²) >= 11 is 0. The number of hydrogen-bond acceptors (Lipinski definition) is 7. The Morgan fingerprint density at radius 3 is 2.68 bits per heavy atom. The van der Waals surface area contributed by atoms with E-state index in [0.717, 1.165) is 10.1 Å². The van der Waals surface area contributed by atoms with Crippen molar-refractivity contribution in [1.82, 2.24) is 19.5 Å². The molecule has 4 aromatic rings. The third-order valence-corrected chi connectivity index (χ3v) is 4.70. The Balaban J connectivity index is 1.53. The SMILES string of the molecule is O=c1[nH]c2nc(NCCc3ccc(O)c(O)c3)ncc2c(=O)n1Cc1cccc(F)c1. The molecule has 9 nitrogen and oxygen atoms in total. The number of anilines is 1. The standard InChI is InChI=1S/C21H18FN5O4/c22-14-3-1-2-13(8-14)11-27-19(30)15-10-24-20(25-18(15)26-21(27)31)23-7-6-12-4-5-16(28)17(29)9-12/h1-5,8-10,28-29H,6-7,11H2,(H2,23,24,25,26,31). The van der Waals surface area contributed by atoms with Crippen molar-refractivity contribution in [2.24, 2.45) is 0 Å². The summed E-state index contributed by atoms with van der Waals surface area (Å²) in [7, 11) is 0. The molecule has 4 N–H and O–H groups in total. The Labute approximate surface area is 174 Å². The molecule has 2 aromatic heterocycles. The van der Waals surface area contributed by atoms with Gasteiger partial charge in [-0.3, -0.25) is 14.3 Å². The molecule has 10 heteroatoms. The number of benzene rings is 2. The third-order valence-electron chi connectivity index (χ3n) is 4.70. The average Bonchev–Trinajstić information content (AvgIpc) is 2.73. The van der Waals surface area contributed by atoms with E-state index in [0.29, 0.717) is 18.5 Å². The van der Waals surface area contributed by atoms with E-state index in [1.165, 1.54) is 36.5 Å². The quantitative estimate of drug-likeness (QED) is 0.347. The molecule has 4 rings (SSSR count). The number of aromatic hydroxyl groups is 2. The van der Waals surface area contributed by atoms with E-state index in [1.54, 1.807) is 12.1 Å². The van der Waals surface area contributed by atoms with Crippen molar-refractivity contribution in [3.63, 3.8) is 0 Å². The minimum absolute atomic E-state index is 0.0820. The van der Waals surface area contributed by atoms with E-state index in [1.807, 2.05) is 0 Å². The van der Waals surface area contributed by atoms with Crippen molar-refractivity contribution < 1.29 is 14.6 Å². The number of phenols is 2. The van der Waals surface area contributed by atoms with Gasteiger partial charge in [0.25, 0.3) is 5.56 Å². The molecule has 0 fully saturated rings. The molecular weight excluding hydrogens is 405 g/mol. The number of hydrogen-bond donors (Lipinski definition) is 4. The first-order valence-corrected chi connectivity index (χ1v) is 9.40. The Kier molecular flexibility index (Phi) is 5.35. The number of nitrogens with one attached hydrogen (secondary N) is 2. The zero-order valence-electron chi connectivity index (χ0n) is 16.2. The molecule has 31 heavy (non-hydrogen) atoms. The molecule has 0 spiro atoms. The van der Waals surface area contributed by atoms with Crippen LogP contribution >= 0.6 is 0 Å². The van der Waals surface area contributed by atoms with Crippen molar-refractivity contribution in [3.8, 4) is 11.5 Å². The van der Waals surface area contributed by atoms with Crippen LogP contribution in [0.15, 0.2) is 58.3 Å². The minimum Gasteiger partial charge on any atom is -0.504 e. The van der Waals surface area contributed by atoms with Crippen LogP contribution in [0.5, 0.6) is 11.5 Å². The maximum atomic E-state index is 13.4. The third kappa shape index (κ3) is 4.37. The predicted molar refractivity (Wildman–Crippen MR) is 112 cm³/mol. The lowest BCUT2D eigenvalue weighted by atomic mass is 10.1. The maximum Gasteiger partial charge on any atom is 0.330 e. The molecule has 0 amide bonds. The predicted octanol–water partition coefficient (Wildman–Crippen LogP) is 1.73. The molecule has 0 saturated heterocycles. The molecule has 0 aliphatic carbocycles. The van der Waals surface area contributed by atoms with E-state index in [9.17, 15) is 24.2 Å². The van der Waals surface area contributed by atoms with E-state index < -0.39 is 17.1 Å². The number of nitrogens with zero attached hydrogens (tertiary/aromatic N) is 3. The van der Waals surface area contributed by atoms with Crippen LogP contribution in [0, 0.1) is 5.82 Å². The van der Waals surface area contributed by atoms with Gasteiger partial charge in [0, 0.05) is 12.7 Å². The summed E-state index contributed by atoms with van der Waals surface area (Å²) in [5.41, 5.74) is 0.119. The van der Waals surface area contributed by atoms with Gasteiger partial charge in [-0.05, 0) is 41.8 Å². The van der Waals surface area contributed by atoms with Gasteiger partial charge in [0.1, 0.15) is 11.2 Å². The lowest BCUT2D eigenvalue weighted by molar-refractivity contribution is 0.403. The summed E-state index contributed by atoms with van der Waals surface area (Å²) in [6.45, 7) is 0.331. The number of phenolic OH excluding ortho intramolecular Hbond substituents is 2. The molecule has 0 radical (unpaired) electrons. The fourth-order valence-corrected chi connectivity index (χ4v) is 3.13. The van der Waals surface area contributed by atoms with E-state index in [2.05, 4.69) is 20.3 Å². The van der Waals surface area contributed by atoms with Gasteiger partial charge in [-0.2, -0.15) is 4.98 Å². The number of aromatic amines is 1. The number of fused-ring (bicyclic) bond motifs is 1. The highest BCUT2D eigenvalue weighted by Crippen LogP contribution is 2.24. The molecular formula is C21H18FN5O4. The van der Waals surface area contributed by atoms with E-state index in [4.69, 9.17) is 0 Å². The van der Waals surface area contributed by atoms with Crippen molar-refractivity contribution >= 4 is 17.0 Å². The first-order valence-electron chi connectivity index (χ1n) is 9.40. The first-order chi connectivity index (χ1) is 14.9. The smallest absolute Gasteiger partial charge is 0.330 e. The highest BCUT2D eigenvalue weighted by molar-refractivity contribution is 5.73. The number of rotatable bonds is 6. The Morgan fingerprint density at radius 2 is 1.90 bits per heavy atom. The van der Waals surface area contributed by atoms with Crippen molar-refractivity contribution in [1.29, 1.82) is 0 Å². The summed E-state index contributed by atoms with van der Waals surface area (Å²) < 4.78 is 14.4. The lowest BCUT2D eigenvalue weighted by Crippen LogP contribution is -2.35. The minimum atomic E-state index is -0.661. The second kappa shape index (κ2) is 8.27. The van der Waals surface area contributed by atoms with Crippen LogP contribution in [0.2, 0.25) is 0 Å². The number of aromatic nitrogens is 4. The Morgan fingerprint density at radius 1 is 1.06 bits per heavy atom. The Hall–Kier alpha value is -4.21. The van der Waals surface area contributed by atoms with Crippen LogP contribution in [0.25, 0.3) is 11.0 Å². The molecule has 0 saturated carbocycles. The van der Waals surface area contributed by atoms with Gasteiger partial charge in [-0.1, -0.05) is 18.2 Å². The van der Waals surface area contributed by atoms with Crippen LogP contribution < -0.4 is 16.6 Å². The second-order valence-corrected chi connectivity index (χ2v) is 6.91. The van der Waals surface area contributed by atoms with Gasteiger partial charge in [-0.15, -0.1) is 0 Å². The summed E-state index contributed by atoms with van der Waals surface area (Å²) in [6, 6.07) is 10.2. The molecule has 0 aliphatic heterocycles. The van der Waals surface area contributed by atoms with Crippen LogP contribution in [0.3, 0.4) is 0 Å². The fraction of sp³-hybridized carbons (Fsp3) is 0.143. The highest BCUT2D eigenvalue weighted by atomic mass is 19.1. The van der Waals surface area contributed by atoms with E-state index >= 15 is 0 Å². The second-order valence-electron chi connectivity index (χ2n) is 6.91. The van der Waals surface area contributed by atoms with Gasteiger partial charge >= 0.3 is 5.69 Å². The summed E-state index contributed by atoms with van der Waals surface area (Å²) in [6.07, 6.45) is 1.83. The lowest BCUT2D eigenvalue weighted by Gasteiger charge is -2.08. The largest absolute Gasteiger partial charge is 0.504 e. The van der Waals surface area contributed by atoms with Gasteiger partial charge in [0.15, 0.2) is 17.1 Å². The van der Waals surface area contributed by atoms with Crippen LogP contribution in [-0.2, 0) is 13.0 Å². The van der Waals surface area contributed by atoms with Gasteiger partial charge in [-0.25, -0.2) is 14.2 Å². The number of halogens is 1. The zero-order valence-corrected chi connectivity index (χ0v) is 16.2. The van der Waals surface area contributed by atoms with Gasteiger partial charge in [0.2, 0.25) is 5.95 Å². The molecule has 0 aliphatic rings. The molecule has 158 valence electrons. The summed E-state index contributed by atoms with van der Waals surface area (Å²) in [4.78, 5) is 36.0. The number of H-pyrrole nitrogens is 1. The van der Waals surface area contributed by atoms with Crippen LogP contribution in [-0.4, -0.2) is 36.3 Å². The molecule has 0 unspecified atom stereocenters. The van der Waals surface area contributed by atoms with Crippen LogP contribution in [0.4, 0.5) is 10.3 Å². The van der Waals surface area contributed by atoms with E-state index in [-0.39, 0.29) is 35.0 Å². The van der Waals surface area contributed by atoms with Gasteiger partial charge < -0.3 is 15.5 Å².